The van der Waals surface area contributed by atoms with E-state index in [2.05, 4.69) is 10.6 Å². The number of hydrogen-bond acceptors (Lipinski definition) is 7. The fourth-order valence-electron chi connectivity index (χ4n) is 4.74. The first kappa shape index (κ1) is 31.5. The summed E-state index contributed by atoms with van der Waals surface area (Å²) in [4.78, 5) is 63.8. The zero-order chi connectivity index (χ0) is 29.7. The number of amides is 4. The number of urea groups is 1. The molecule has 11 nitrogen and oxygen atoms in total. The van der Waals surface area contributed by atoms with E-state index in [-0.39, 0.29) is 31.1 Å². The van der Waals surface area contributed by atoms with Crippen LogP contribution >= 0.6 is 0 Å². The maximum Gasteiger partial charge on any atom is 0.490 e. The van der Waals surface area contributed by atoms with E-state index in [1.807, 2.05) is 51.1 Å². The van der Waals surface area contributed by atoms with Gasteiger partial charge in [0.05, 0.1) is 25.5 Å². The minimum Gasteiger partial charge on any atom is -0.475 e. The number of alkyl halides is 3. The largest absolute Gasteiger partial charge is 0.490 e. The van der Waals surface area contributed by atoms with Gasteiger partial charge in [0.2, 0.25) is 11.8 Å². The van der Waals surface area contributed by atoms with Crippen LogP contribution in [0.3, 0.4) is 0 Å². The van der Waals surface area contributed by atoms with Crippen molar-refractivity contribution in [1.29, 1.82) is 0 Å². The first-order valence-corrected chi connectivity index (χ1v) is 12.2. The van der Waals surface area contributed by atoms with Crippen molar-refractivity contribution >= 4 is 29.8 Å². The van der Waals surface area contributed by atoms with Crippen LogP contribution in [0.2, 0.25) is 0 Å². The summed E-state index contributed by atoms with van der Waals surface area (Å²) in [6.07, 6.45) is -5.08. The molecule has 3 N–H and O–H groups in total. The number of carboxylic acids is 1. The van der Waals surface area contributed by atoms with Gasteiger partial charge in [0, 0.05) is 25.2 Å². The first-order valence-electron chi connectivity index (χ1n) is 12.2. The quantitative estimate of drug-likeness (QED) is 0.339. The molecule has 0 aliphatic carbocycles. The molecule has 0 saturated carbocycles. The van der Waals surface area contributed by atoms with Crippen LogP contribution in [0.5, 0.6) is 0 Å². The monoisotopic (exact) mass is 558 g/mol. The normalized spacial score (nSPS) is 24.1. The summed E-state index contributed by atoms with van der Waals surface area (Å²) in [5.74, 6) is -5.77. The number of carboxylic acid groups (broad SMARTS) is 1. The Morgan fingerprint density at radius 2 is 1.74 bits per heavy atom. The zero-order valence-corrected chi connectivity index (χ0v) is 22.2. The van der Waals surface area contributed by atoms with Crippen molar-refractivity contribution < 1.29 is 47.0 Å². The van der Waals surface area contributed by atoms with Gasteiger partial charge in [-0.25, -0.2) is 9.59 Å². The molecule has 2 heterocycles. The number of hydrogen-bond donors (Lipinski definition) is 3. The highest BCUT2D eigenvalue weighted by Crippen LogP contribution is 2.44. The average molecular weight is 559 g/mol. The Labute approximate surface area is 223 Å². The Kier molecular flexibility index (Phi) is 10.1. The Morgan fingerprint density at radius 1 is 1.18 bits per heavy atom. The van der Waals surface area contributed by atoms with E-state index in [4.69, 9.17) is 14.6 Å². The molecule has 2 aliphatic rings. The number of halogens is 3. The predicted molar refractivity (Wildman–Crippen MR) is 131 cm³/mol. The molecule has 14 heteroatoms. The molecule has 216 valence electrons. The summed E-state index contributed by atoms with van der Waals surface area (Å²) in [6.45, 7) is 7.91. The highest BCUT2D eigenvalue weighted by atomic mass is 19.4. The van der Waals surface area contributed by atoms with Gasteiger partial charge in [0.15, 0.2) is 0 Å². The van der Waals surface area contributed by atoms with Gasteiger partial charge in [-0.2, -0.15) is 13.2 Å². The Hall–Kier alpha value is -3.68. The van der Waals surface area contributed by atoms with Crippen LogP contribution in [0.1, 0.15) is 33.3 Å². The molecule has 3 rings (SSSR count). The van der Waals surface area contributed by atoms with Crippen molar-refractivity contribution in [2.75, 3.05) is 20.2 Å². The van der Waals surface area contributed by atoms with E-state index in [1.54, 1.807) is 11.8 Å². The summed E-state index contributed by atoms with van der Waals surface area (Å²) in [7, 11) is 1.26. The molecule has 1 aromatic carbocycles. The van der Waals surface area contributed by atoms with Crippen molar-refractivity contribution in [2.45, 2.75) is 58.0 Å². The molecule has 0 spiro atoms. The van der Waals surface area contributed by atoms with Crippen LogP contribution in [0.15, 0.2) is 30.3 Å². The molecule has 1 aromatic rings. The maximum absolute atomic E-state index is 13.4. The van der Waals surface area contributed by atoms with Crippen LogP contribution in [0.25, 0.3) is 0 Å². The van der Waals surface area contributed by atoms with E-state index >= 15 is 0 Å². The third kappa shape index (κ3) is 7.05. The second kappa shape index (κ2) is 12.5. The summed E-state index contributed by atoms with van der Waals surface area (Å²) in [5.41, 5.74) is -0.541. The highest BCUT2D eigenvalue weighted by Gasteiger charge is 2.66. The van der Waals surface area contributed by atoms with Crippen LogP contribution in [-0.4, -0.2) is 88.7 Å². The zero-order valence-electron chi connectivity index (χ0n) is 22.2. The average Bonchev–Trinajstić information content (AvgIpc) is 3.30. The number of fused-ring (bicyclic) bond motifs is 1. The minimum absolute atomic E-state index is 0.0442. The van der Waals surface area contributed by atoms with Crippen LogP contribution in [-0.2, 0) is 30.5 Å². The first-order chi connectivity index (χ1) is 18.1. The third-order valence-electron chi connectivity index (χ3n) is 6.52. The molecule has 0 radical (unpaired) electrons. The SMILES string of the molecule is CCN(C[C@H]1N[C@@](C)(C(=O)OC)[C@H]2C(=O)N(Cc3ccccc3)C(=O)[C@@H]12)C(=O)NC(C)C.O=C(O)C(F)(F)F. The number of imide groups is 1. The van der Waals surface area contributed by atoms with Crippen molar-refractivity contribution in [3.63, 3.8) is 0 Å². The maximum atomic E-state index is 13.4. The molecule has 2 saturated heterocycles. The summed E-state index contributed by atoms with van der Waals surface area (Å²) < 4.78 is 36.7. The molecule has 2 aliphatic heterocycles. The molecule has 0 aromatic heterocycles. The number of aliphatic carboxylic acids is 1. The number of nitrogens with one attached hydrogen (secondary N) is 2. The minimum atomic E-state index is -5.08. The molecule has 39 heavy (non-hydrogen) atoms. The lowest BCUT2D eigenvalue weighted by Gasteiger charge is -2.31. The number of ether oxygens (including phenoxy) is 1. The van der Waals surface area contributed by atoms with E-state index < -0.39 is 47.4 Å². The van der Waals surface area contributed by atoms with Gasteiger partial charge in [-0.05, 0) is 33.3 Å². The molecular weight excluding hydrogens is 525 g/mol. The van der Waals surface area contributed by atoms with E-state index in [1.165, 1.54) is 12.0 Å². The van der Waals surface area contributed by atoms with Crippen LogP contribution in [0.4, 0.5) is 18.0 Å². The molecule has 2 fully saturated rings. The Morgan fingerprint density at radius 3 is 2.21 bits per heavy atom. The van der Waals surface area contributed by atoms with E-state index in [0.717, 1.165) is 5.56 Å². The van der Waals surface area contributed by atoms with Gasteiger partial charge in [-0.15, -0.1) is 0 Å². The fraction of sp³-hybridized carbons (Fsp3) is 0.560. The number of rotatable bonds is 7. The Bertz CT molecular complexity index is 1080. The summed E-state index contributed by atoms with van der Waals surface area (Å²) in [5, 5.41) is 13.1. The second-order valence-electron chi connectivity index (χ2n) is 9.64. The molecule has 4 amide bonds. The number of carbonyl (C=O) groups is 5. The van der Waals surface area contributed by atoms with Gasteiger partial charge in [0.25, 0.3) is 0 Å². The van der Waals surface area contributed by atoms with Crippen LogP contribution in [0, 0.1) is 11.8 Å². The van der Waals surface area contributed by atoms with Gasteiger partial charge in [-0.1, -0.05) is 30.3 Å². The van der Waals surface area contributed by atoms with E-state index in [9.17, 15) is 32.3 Å². The van der Waals surface area contributed by atoms with E-state index in [0.29, 0.717) is 6.54 Å². The van der Waals surface area contributed by atoms with Gasteiger partial charge in [0.1, 0.15) is 5.54 Å². The number of carbonyl (C=O) groups excluding carboxylic acids is 4. The number of nitrogens with zero attached hydrogens (tertiary/aromatic N) is 2. The molecule has 4 atom stereocenters. The lowest BCUT2D eigenvalue weighted by molar-refractivity contribution is -0.192. The number of likely N-dealkylation sites (N-methyl/N-ethyl adjacent to an activating group) is 1. The number of likely N-dealkylation sites (tertiary alicyclic amines) is 1. The smallest absolute Gasteiger partial charge is 0.475 e. The fourth-order valence-corrected chi connectivity index (χ4v) is 4.74. The number of esters is 1. The molecule has 0 unspecified atom stereocenters. The van der Waals surface area contributed by atoms with Crippen molar-refractivity contribution in [1.82, 2.24) is 20.4 Å². The number of benzene rings is 1. The summed E-state index contributed by atoms with van der Waals surface area (Å²) in [6, 6.07) is 8.37. The van der Waals surface area contributed by atoms with Crippen molar-refractivity contribution in [3.8, 4) is 0 Å². The van der Waals surface area contributed by atoms with Gasteiger partial charge < -0.3 is 20.1 Å². The molecular formula is C25H33F3N4O7. The Balaban J connectivity index is 0.000000673. The highest BCUT2D eigenvalue weighted by molar-refractivity contribution is 6.09. The second-order valence-corrected chi connectivity index (χ2v) is 9.64. The summed E-state index contributed by atoms with van der Waals surface area (Å²) >= 11 is 0. The van der Waals surface area contributed by atoms with Gasteiger partial charge >= 0.3 is 24.1 Å². The lowest BCUT2D eigenvalue weighted by Crippen LogP contribution is -2.57. The van der Waals surface area contributed by atoms with Gasteiger partial charge in [-0.3, -0.25) is 24.6 Å². The van der Waals surface area contributed by atoms with Crippen molar-refractivity contribution in [2.24, 2.45) is 11.8 Å². The standard InChI is InChI=1S/C23H32N4O5.C2HF3O2/c1-6-26(22(31)24-14(2)3)13-16-17-18(23(4,25-16)21(30)32-5)20(29)27(19(17)28)12-15-10-8-7-9-11-15;3-2(4,5)1(6)7/h7-11,14,16-18,25H,6,12-13H2,1-5H3,(H,24,31);(H,6,7)/t16-,17+,18-,23-;/m1./s1. The lowest BCUT2D eigenvalue weighted by atomic mass is 9.81. The topological polar surface area (TPSA) is 145 Å². The number of methoxy groups -OCH3 is 1. The predicted octanol–water partition coefficient (Wildman–Crippen LogP) is 1.76. The van der Waals surface area contributed by atoms with Crippen molar-refractivity contribution in [3.05, 3.63) is 35.9 Å². The third-order valence-corrected chi connectivity index (χ3v) is 6.52. The molecule has 0 bridgehead atoms. The van der Waals surface area contributed by atoms with Crippen LogP contribution < -0.4 is 10.6 Å².